The number of hydrogen-bond donors (Lipinski definition) is 1. The van der Waals surface area contributed by atoms with Crippen LogP contribution in [-0.2, 0) is 4.79 Å². The van der Waals surface area contributed by atoms with Gasteiger partial charge < -0.3 is 15.1 Å². The van der Waals surface area contributed by atoms with Crippen molar-refractivity contribution in [2.24, 2.45) is 0 Å². The second-order valence-corrected chi connectivity index (χ2v) is 6.18. The first-order chi connectivity index (χ1) is 11.5. The number of amides is 1. The Hall–Kier alpha value is -2.63. The number of carbonyl (C=O) groups excluding carboxylic acids is 1. The van der Waals surface area contributed by atoms with E-state index >= 15 is 0 Å². The number of rotatable bonds is 3. The van der Waals surface area contributed by atoms with Crippen molar-refractivity contribution in [3.63, 3.8) is 0 Å². The number of benzene rings is 1. The van der Waals surface area contributed by atoms with E-state index in [9.17, 15) is 4.79 Å². The van der Waals surface area contributed by atoms with Crippen LogP contribution < -0.4 is 10.2 Å². The van der Waals surface area contributed by atoms with Gasteiger partial charge in [-0.3, -0.25) is 4.79 Å². The molecule has 1 saturated heterocycles. The van der Waals surface area contributed by atoms with Gasteiger partial charge >= 0.3 is 0 Å². The monoisotopic (exact) mass is 325 g/mol. The zero-order valence-electron chi connectivity index (χ0n) is 14.4. The molecule has 24 heavy (non-hydrogen) atoms. The quantitative estimate of drug-likeness (QED) is 0.939. The van der Waals surface area contributed by atoms with E-state index in [0.29, 0.717) is 5.95 Å². The van der Waals surface area contributed by atoms with Gasteiger partial charge in [-0.15, -0.1) is 0 Å². The standard InChI is InChI=1S/C18H23N5O/c1-13-5-4-6-16(11-13)20-18-19-14(2)12-17(21-18)23-9-7-22(8-10-23)15(3)24/h4-6,11-12H,7-10H2,1-3H3,(H,19,20,21). The Kier molecular flexibility index (Phi) is 4.64. The van der Waals surface area contributed by atoms with Crippen molar-refractivity contribution in [1.82, 2.24) is 14.9 Å². The second kappa shape index (κ2) is 6.86. The molecule has 1 fully saturated rings. The van der Waals surface area contributed by atoms with Crippen LogP contribution in [0.25, 0.3) is 0 Å². The van der Waals surface area contributed by atoms with Gasteiger partial charge in [0.2, 0.25) is 11.9 Å². The van der Waals surface area contributed by atoms with Crippen LogP contribution in [-0.4, -0.2) is 47.0 Å². The molecule has 1 N–H and O–H groups in total. The Morgan fingerprint density at radius 2 is 1.83 bits per heavy atom. The summed E-state index contributed by atoms with van der Waals surface area (Å²) in [6.07, 6.45) is 0. The second-order valence-electron chi connectivity index (χ2n) is 6.18. The Labute approximate surface area is 142 Å². The summed E-state index contributed by atoms with van der Waals surface area (Å²) >= 11 is 0. The highest BCUT2D eigenvalue weighted by Gasteiger charge is 2.20. The maximum absolute atomic E-state index is 11.5. The average molecular weight is 325 g/mol. The maximum Gasteiger partial charge on any atom is 0.229 e. The molecular weight excluding hydrogens is 302 g/mol. The smallest absolute Gasteiger partial charge is 0.229 e. The number of aryl methyl sites for hydroxylation is 2. The van der Waals surface area contributed by atoms with E-state index in [2.05, 4.69) is 39.2 Å². The molecule has 2 heterocycles. The highest BCUT2D eigenvalue weighted by molar-refractivity contribution is 5.73. The van der Waals surface area contributed by atoms with Crippen LogP contribution in [0, 0.1) is 13.8 Å². The van der Waals surface area contributed by atoms with E-state index in [1.54, 1.807) is 6.92 Å². The van der Waals surface area contributed by atoms with E-state index in [0.717, 1.165) is 43.4 Å². The Morgan fingerprint density at radius 1 is 1.08 bits per heavy atom. The molecule has 0 aliphatic carbocycles. The fraction of sp³-hybridized carbons (Fsp3) is 0.389. The number of hydrogen-bond acceptors (Lipinski definition) is 5. The first kappa shape index (κ1) is 16.2. The lowest BCUT2D eigenvalue weighted by molar-refractivity contribution is -0.129. The molecule has 3 rings (SSSR count). The molecule has 1 amide bonds. The number of nitrogens with one attached hydrogen (secondary N) is 1. The molecule has 0 radical (unpaired) electrons. The Morgan fingerprint density at radius 3 is 2.50 bits per heavy atom. The molecule has 6 heteroatoms. The van der Waals surface area contributed by atoms with E-state index in [4.69, 9.17) is 0 Å². The number of anilines is 3. The Bertz CT molecular complexity index is 738. The van der Waals surface area contributed by atoms with Gasteiger partial charge in [0.15, 0.2) is 0 Å². The minimum Gasteiger partial charge on any atom is -0.353 e. The van der Waals surface area contributed by atoms with Gasteiger partial charge in [-0.25, -0.2) is 4.98 Å². The third kappa shape index (κ3) is 3.82. The third-order valence-corrected chi connectivity index (χ3v) is 4.16. The first-order valence-corrected chi connectivity index (χ1v) is 8.21. The summed E-state index contributed by atoms with van der Waals surface area (Å²) < 4.78 is 0. The summed E-state index contributed by atoms with van der Waals surface area (Å²) in [5.41, 5.74) is 3.09. The summed E-state index contributed by atoms with van der Waals surface area (Å²) in [6.45, 7) is 8.70. The van der Waals surface area contributed by atoms with Crippen LogP contribution in [0.5, 0.6) is 0 Å². The van der Waals surface area contributed by atoms with Gasteiger partial charge in [-0.2, -0.15) is 4.98 Å². The van der Waals surface area contributed by atoms with Gasteiger partial charge in [0.05, 0.1) is 0 Å². The van der Waals surface area contributed by atoms with E-state index in [-0.39, 0.29) is 5.91 Å². The van der Waals surface area contributed by atoms with Crippen LogP contribution in [0.1, 0.15) is 18.2 Å². The molecule has 1 aromatic carbocycles. The first-order valence-electron chi connectivity index (χ1n) is 8.21. The Balaban J connectivity index is 1.76. The van der Waals surface area contributed by atoms with E-state index < -0.39 is 0 Å². The predicted molar refractivity (Wildman–Crippen MR) is 95.7 cm³/mol. The average Bonchev–Trinajstić information content (AvgIpc) is 2.54. The predicted octanol–water partition coefficient (Wildman–Crippen LogP) is 2.51. The van der Waals surface area contributed by atoms with Gasteiger partial charge in [0, 0.05) is 50.6 Å². The van der Waals surface area contributed by atoms with Crippen molar-refractivity contribution >= 4 is 23.4 Å². The fourth-order valence-corrected chi connectivity index (χ4v) is 2.87. The topological polar surface area (TPSA) is 61.4 Å². The minimum absolute atomic E-state index is 0.135. The molecular formula is C18H23N5O. The lowest BCUT2D eigenvalue weighted by atomic mass is 10.2. The normalized spacial score (nSPS) is 14.6. The van der Waals surface area contributed by atoms with Gasteiger partial charge in [0.25, 0.3) is 0 Å². The molecule has 1 aliphatic heterocycles. The molecule has 0 unspecified atom stereocenters. The highest BCUT2D eigenvalue weighted by Crippen LogP contribution is 2.20. The number of aromatic nitrogens is 2. The largest absolute Gasteiger partial charge is 0.353 e. The number of carbonyl (C=O) groups is 1. The van der Waals surface area contributed by atoms with Crippen molar-refractivity contribution in [1.29, 1.82) is 0 Å². The number of piperazine rings is 1. The van der Waals surface area contributed by atoms with E-state index in [1.165, 1.54) is 5.56 Å². The summed E-state index contributed by atoms with van der Waals surface area (Å²) in [6, 6.07) is 10.1. The summed E-state index contributed by atoms with van der Waals surface area (Å²) in [5, 5.41) is 3.28. The van der Waals surface area contributed by atoms with Gasteiger partial charge in [-0.1, -0.05) is 12.1 Å². The molecule has 0 spiro atoms. The molecule has 1 aromatic heterocycles. The summed E-state index contributed by atoms with van der Waals surface area (Å²) in [5.74, 6) is 1.64. The van der Waals surface area contributed by atoms with Crippen LogP contribution in [0.2, 0.25) is 0 Å². The van der Waals surface area contributed by atoms with Gasteiger partial charge in [-0.05, 0) is 31.5 Å². The van der Waals surface area contributed by atoms with Crippen molar-refractivity contribution in [2.45, 2.75) is 20.8 Å². The van der Waals surface area contributed by atoms with Crippen LogP contribution in [0.3, 0.4) is 0 Å². The molecule has 6 nitrogen and oxygen atoms in total. The lowest BCUT2D eigenvalue weighted by Crippen LogP contribution is -2.48. The zero-order chi connectivity index (χ0) is 17.1. The van der Waals surface area contributed by atoms with Crippen LogP contribution in [0.4, 0.5) is 17.5 Å². The van der Waals surface area contributed by atoms with Gasteiger partial charge in [0.1, 0.15) is 5.82 Å². The lowest BCUT2D eigenvalue weighted by Gasteiger charge is -2.35. The third-order valence-electron chi connectivity index (χ3n) is 4.16. The highest BCUT2D eigenvalue weighted by atomic mass is 16.2. The molecule has 126 valence electrons. The maximum atomic E-state index is 11.5. The van der Waals surface area contributed by atoms with E-state index in [1.807, 2.05) is 30.0 Å². The molecule has 1 aliphatic rings. The van der Waals surface area contributed by atoms with Crippen molar-refractivity contribution in [3.8, 4) is 0 Å². The molecule has 0 atom stereocenters. The van der Waals surface area contributed by atoms with Crippen LogP contribution >= 0.6 is 0 Å². The molecule has 0 bridgehead atoms. The minimum atomic E-state index is 0.135. The molecule has 0 saturated carbocycles. The molecule has 2 aromatic rings. The summed E-state index contributed by atoms with van der Waals surface area (Å²) in [4.78, 5) is 24.7. The van der Waals surface area contributed by atoms with Crippen molar-refractivity contribution < 1.29 is 4.79 Å². The van der Waals surface area contributed by atoms with Crippen molar-refractivity contribution in [3.05, 3.63) is 41.6 Å². The fourth-order valence-electron chi connectivity index (χ4n) is 2.87. The zero-order valence-corrected chi connectivity index (χ0v) is 14.4. The summed E-state index contributed by atoms with van der Waals surface area (Å²) in [7, 11) is 0. The number of nitrogens with zero attached hydrogens (tertiary/aromatic N) is 4. The van der Waals surface area contributed by atoms with Crippen molar-refractivity contribution in [2.75, 3.05) is 36.4 Å². The van der Waals surface area contributed by atoms with Crippen LogP contribution in [0.15, 0.2) is 30.3 Å². The SMILES string of the molecule is CC(=O)N1CCN(c2cc(C)nc(Nc3cccc(C)c3)n2)CC1.